The molecule has 0 aliphatic heterocycles. The predicted molar refractivity (Wildman–Crippen MR) is 89.7 cm³/mol. The lowest BCUT2D eigenvalue weighted by atomic mass is 9.58. The van der Waals surface area contributed by atoms with Gasteiger partial charge < -0.3 is 4.74 Å². The van der Waals surface area contributed by atoms with Crippen molar-refractivity contribution in [1.29, 1.82) is 0 Å². The molecular weight excluding hydrogens is 291 g/mol. The Morgan fingerprint density at radius 2 is 1.91 bits per heavy atom. The molecule has 2 nitrogen and oxygen atoms in total. The molecule has 0 N–H and O–H groups in total. The van der Waals surface area contributed by atoms with Crippen LogP contribution in [-0.2, 0) is 9.53 Å². The molecule has 0 saturated heterocycles. The van der Waals surface area contributed by atoms with Gasteiger partial charge in [-0.15, -0.1) is 0 Å². The van der Waals surface area contributed by atoms with Crippen LogP contribution in [-0.4, -0.2) is 18.2 Å². The van der Waals surface area contributed by atoms with E-state index in [1.165, 1.54) is 26.2 Å². The Balaban J connectivity index is 1.77. The molecule has 0 aromatic heterocycles. The minimum Gasteiger partial charge on any atom is -0.462 e. The number of hydrogen-bond acceptors (Lipinski definition) is 2. The first-order valence-electron chi connectivity index (χ1n) is 9.47. The maximum Gasteiger partial charge on any atom is 0.302 e. The van der Waals surface area contributed by atoms with E-state index in [-0.39, 0.29) is 17.5 Å². The first-order chi connectivity index (χ1) is 11.0. The molecular formula is C20H31FO2. The van der Waals surface area contributed by atoms with Gasteiger partial charge in [-0.3, -0.25) is 4.79 Å². The molecule has 2 saturated carbocycles. The molecule has 3 aliphatic carbocycles. The van der Waals surface area contributed by atoms with E-state index in [0.717, 1.165) is 31.6 Å². The Hall–Kier alpha value is -0.860. The van der Waals surface area contributed by atoms with Crippen molar-refractivity contribution in [2.24, 2.45) is 23.2 Å². The van der Waals surface area contributed by atoms with Crippen LogP contribution in [0.3, 0.4) is 0 Å². The quantitative estimate of drug-likeness (QED) is 0.489. The lowest BCUT2D eigenvalue weighted by Gasteiger charge is -2.48. The van der Waals surface area contributed by atoms with Crippen molar-refractivity contribution in [2.75, 3.05) is 0 Å². The molecule has 3 heteroatoms. The molecule has 23 heavy (non-hydrogen) atoms. The highest BCUT2D eigenvalue weighted by molar-refractivity contribution is 5.66. The molecule has 0 spiro atoms. The van der Waals surface area contributed by atoms with Gasteiger partial charge in [0.15, 0.2) is 0 Å². The number of carbonyl (C=O) groups excluding carboxylic acids is 1. The molecule has 130 valence electrons. The van der Waals surface area contributed by atoms with Crippen molar-refractivity contribution in [3.63, 3.8) is 0 Å². The Morgan fingerprint density at radius 1 is 1.13 bits per heavy atom. The summed E-state index contributed by atoms with van der Waals surface area (Å²) in [7, 11) is 0. The predicted octanol–water partition coefficient (Wildman–Crippen LogP) is 5.22. The minimum atomic E-state index is -0.656. The standard InChI is InChI=1S/C20H31FO2/c1-14(22)23-19-11-10-18-17-9-4-3-7-16(21)8-5-6-15(17)12-13-20(18,19)2/h3-4,15-19H,5-13H2,1-2H3. The van der Waals surface area contributed by atoms with Gasteiger partial charge in [-0.05, 0) is 62.7 Å². The highest BCUT2D eigenvalue weighted by atomic mass is 19.1. The molecule has 0 aromatic carbocycles. The normalized spacial score (nSPS) is 44.2. The van der Waals surface area contributed by atoms with Gasteiger partial charge in [0.25, 0.3) is 0 Å². The number of halogens is 1. The second-order valence-electron chi connectivity index (χ2n) is 8.22. The van der Waals surface area contributed by atoms with Gasteiger partial charge in [0.1, 0.15) is 12.3 Å². The van der Waals surface area contributed by atoms with E-state index in [0.29, 0.717) is 24.7 Å². The number of rotatable bonds is 1. The molecule has 3 rings (SSSR count). The number of fused-ring (bicyclic) bond motifs is 3. The topological polar surface area (TPSA) is 26.3 Å². The van der Waals surface area contributed by atoms with Gasteiger partial charge in [0.05, 0.1) is 0 Å². The molecule has 6 unspecified atom stereocenters. The molecule has 0 radical (unpaired) electrons. The lowest BCUT2D eigenvalue weighted by Crippen LogP contribution is -2.44. The summed E-state index contributed by atoms with van der Waals surface area (Å²) in [6, 6.07) is 0. The summed E-state index contributed by atoms with van der Waals surface area (Å²) in [6.45, 7) is 3.87. The third-order valence-electron chi connectivity index (χ3n) is 6.87. The summed E-state index contributed by atoms with van der Waals surface area (Å²) in [6.07, 6.45) is 12.8. The molecule has 2 fully saturated rings. The zero-order valence-corrected chi connectivity index (χ0v) is 14.6. The Kier molecular flexibility index (Phi) is 5.13. The van der Waals surface area contributed by atoms with Crippen molar-refractivity contribution >= 4 is 5.97 Å². The smallest absolute Gasteiger partial charge is 0.302 e. The third-order valence-corrected chi connectivity index (χ3v) is 6.87. The first kappa shape index (κ1) is 17.0. The van der Waals surface area contributed by atoms with Crippen molar-refractivity contribution in [1.82, 2.24) is 0 Å². The number of carbonyl (C=O) groups is 1. The van der Waals surface area contributed by atoms with Crippen molar-refractivity contribution in [3.05, 3.63) is 12.2 Å². The van der Waals surface area contributed by atoms with Gasteiger partial charge in [-0.25, -0.2) is 4.39 Å². The molecule has 0 aromatic rings. The Labute approximate surface area is 139 Å². The Bertz CT molecular complexity index is 461. The first-order valence-corrected chi connectivity index (χ1v) is 9.47. The fourth-order valence-corrected chi connectivity index (χ4v) is 5.64. The van der Waals surface area contributed by atoms with E-state index >= 15 is 0 Å². The Morgan fingerprint density at radius 3 is 2.70 bits per heavy atom. The summed E-state index contributed by atoms with van der Waals surface area (Å²) in [5.41, 5.74) is 0.146. The van der Waals surface area contributed by atoms with Gasteiger partial charge in [0.2, 0.25) is 0 Å². The number of ether oxygens (including phenoxy) is 1. The van der Waals surface area contributed by atoms with Crippen LogP contribution in [0.15, 0.2) is 12.2 Å². The third kappa shape index (κ3) is 3.49. The van der Waals surface area contributed by atoms with Crippen molar-refractivity contribution in [3.8, 4) is 0 Å². The van der Waals surface area contributed by atoms with E-state index in [1.807, 2.05) is 0 Å². The van der Waals surface area contributed by atoms with E-state index in [9.17, 15) is 9.18 Å². The second kappa shape index (κ2) is 6.94. The van der Waals surface area contributed by atoms with E-state index < -0.39 is 6.17 Å². The summed E-state index contributed by atoms with van der Waals surface area (Å²) in [5.74, 6) is 1.91. The SMILES string of the molecule is CC(=O)OC1CCC2C3CC=CCC(F)CCCC3CCC12C. The zero-order chi connectivity index (χ0) is 16.4. The van der Waals surface area contributed by atoms with Crippen molar-refractivity contribution < 1.29 is 13.9 Å². The minimum absolute atomic E-state index is 0.0977. The summed E-state index contributed by atoms with van der Waals surface area (Å²) < 4.78 is 19.4. The van der Waals surface area contributed by atoms with E-state index in [1.54, 1.807) is 0 Å². The van der Waals surface area contributed by atoms with Crippen LogP contribution < -0.4 is 0 Å². The zero-order valence-electron chi connectivity index (χ0n) is 14.6. The van der Waals surface area contributed by atoms with Crippen LogP contribution in [0, 0.1) is 23.2 Å². The molecule has 3 aliphatic rings. The highest BCUT2D eigenvalue weighted by Gasteiger charge is 2.54. The monoisotopic (exact) mass is 322 g/mol. The number of alkyl halides is 1. The maximum absolute atomic E-state index is 13.7. The summed E-state index contributed by atoms with van der Waals surface area (Å²) >= 11 is 0. The van der Waals surface area contributed by atoms with Gasteiger partial charge in [-0.2, -0.15) is 0 Å². The molecule has 0 heterocycles. The molecule has 6 atom stereocenters. The molecule has 0 bridgehead atoms. The largest absolute Gasteiger partial charge is 0.462 e. The van der Waals surface area contributed by atoms with Crippen LogP contribution >= 0.6 is 0 Å². The second-order valence-corrected chi connectivity index (χ2v) is 8.22. The van der Waals surface area contributed by atoms with Crippen LogP contribution in [0.1, 0.15) is 71.6 Å². The van der Waals surface area contributed by atoms with Crippen LogP contribution in [0.25, 0.3) is 0 Å². The summed E-state index contributed by atoms with van der Waals surface area (Å²) in [5, 5.41) is 0. The van der Waals surface area contributed by atoms with Crippen molar-refractivity contribution in [2.45, 2.75) is 83.9 Å². The lowest BCUT2D eigenvalue weighted by molar-refractivity contribution is -0.155. The number of hydrogen-bond donors (Lipinski definition) is 0. The molecule has 0 amide bonds. The fourth-order valence-electron chi connectivity index (χ4n) is 5.64. The van der Waals surface area contributed by atoms with E-state index in [4.69, 9.17) is 4.74 Å². The number of allylic oxidation sites excluding steroid dienone is 2. The van der Waals surface area contributed by atoms with Gasteiger partial charge in [0, 0.05) is 12.3 Å². The van der Waals surface area contributed by atoms with Gasteiger partial charge >= 0.3 is 5.97 Å². The maximum atomic E-state index is 13.7. The van der Waals surface area contributed by atoms with Crippen LogP contribution in [0.5, 0.6) is 0 Å². The van der Waals surface area contributed by atoms with E-state index in [2.05, 4.69) is 19.1 Å². The summed E-state index contributed by atoms with van der Waals surface area (Å²) in [4.78, 5) is 11.4. The van der Waals surface area contributed by atoms with Crippen LogP contribution in [0.4, 0.5) is 4.39 Å². The average molecular weight is 322 g/mol. The highest BCUT2D eigenvalue weighted by Crippen LogP contribution is 2.58. The number of esters is 1. The van der Waals surface area contributed by atoms with Crippen LogP contribution in [0.2, 0.25) is 0 Å². The fraction of sp³-hybridized carbons (Fsp3) is 0.850. The van der Waals surface area contributed by atoms with Gasteiger partial charge in [-0.1, -0.05) is 31.9 Å². The average Bonchev–Trinajstić information content (AvgIpc) is 2.82.